The molecular formula is C16H26N2O2. The van der Waals surface area contributed by atoms with Crippen LogP contribution in [-0.2, 0) is 11.2 Å². The molecule has 112 valence electrons. The van der Waals surface area contributed by atoms with Crippen LogP contribution in [0, 0.1) is 0 Å². The van der Waals surface area contributed by atoms with Crippen LogP contribution in [0.3, 0.4) is 0 Å². The van der Waals surface area contributed by atoms with Crippen molar-refractivity contribution in [1.82, 2.24) is 10.2 Å². The molecular weight excluding hydrogens is 252 g/mol. The molecule has 20 heavy (non-hydrogen) atoms. The molecule has 0 saturated heterocycles. The van der Waals surface area contributed by atoms with E-state index < -0.39 is 6.10 Å². The van der Waals surface area contributed by atoms with Crippen LogP contribution in [0.2, 0.25) is 0 Å². The van der Waals surface area contributed by atoms with Gasteiger partial charge in [-0.2, -0.15) is 0 Å². The molecule has 0 bridgehead atoms. The van der Waals surface area contributed by atoms with Crippen LogP contribution < -0.4 is 10.1 Å². The highest BCUT2D eigenvalue weighted by Gasteiger charge is 2.15. The lowest BCUT2D eigenvalue weighted by atomic mass is 10.1. The van der Waals surface area contributed by atoms with Gasteiger partial charge in [0.2, 0.25) is 0 Å². The maximum absolute atomic E-state index is 11.9. The van der Waals surface area contributed by atoms with Gasteiger partial charge in [0.15, 0.2) is 6.10 Å². The van der Waals surface area contributed by atoms with Crippen LogP contribution in [0.4, 0.5) is 0 Å². The Morgan fingerprint density at radius 3 is 2.70 bits per heavy atom. The summed E-state index contributed by atoms with van der Waals surface area (Å²) in [5.41, 5.74) is 1.12. The molecule has 1 unspecified atom stereocenters. The summed E-state index contributed by atoms with van der Waals surface area (Å²) in [4.78, 5) is 14.0. The second-order valence-corrected chi connectivity index (χ2v) is 5.17. The van der Waals surface area contributed by atoms with Gasteiger partial charge in [0.05, 0.1) is 0 Å². The number of para-hydroxylation sites is 1. The first kappa shape index (κ1) is 16.5. The quantitative estimate of drug-likeness (QED) is 0.740. The number of nitrogens with one attached hydrogen (secondary N) is 1. The van der Waals surface area contributed by atoms with Gasteiger partial charge in [-0.1, -0.05) is 25.1 Å². The third-order valence-corrected chi connectivity index (χ3v) is 3.11. The SMILES string of the molecule is CCc1ccccc1OC(C)C(=O)NCCCN(C)C. The highest BCUT2D eigenvalue weighted by molar-refractivity contribution is 5.80. The molecule has 4 nitrogen and oxygen atoms in total. The molecule has 1 amide bonds. The first-order chi connectivity index (χ1) is 9.54. The lowest BCUT2D eigenvalue weighted by Gasteiger charge is -2.17. The lowest BCUT2D eigenvalue weighted by Crippen LogP contribution is -2.37. The molecule has 0 saturated carbocycles. The molecule has 1 aromatic rings. The minimum absolute atomic E-state index is 0.0605. The zero-order valence-corrected chi connectivity index (χ0v) is 13.0. The van der Waals surface area contributed by atoms with Gasteiger partial charge in [0, 0.05) is 6.54 Å². The third-order valence-electron chi connectivity index (χ3n) is 3.11. The Morgan fingerprint density at radius 1 is 1.35 bits per heavy atom. The number of aryl methyl sites for hydroxylation is 1. The van der Waals surface area contributed by atoms with Crippen LogP contribution in [0.1, 0.15) is 25.8 Å². The molecule has 0 spiro atoms. The fourth-order valence-corrected chi connectivity index (χ4v) is 1.91. The number of ether oxygens (including phenoxy) is 1. The number of hydrogen-bond donors (Lipinski definition) is 1. The van der Waals surface area contributed by atoms with Crippen LogP contribution in [-0.4, -0.2) is 44.1 Å². The van der Waals surface area contributed by atoms with E-state index in [0.717, 1.165) is 30.7 Å². The van der Waals surface area contributed by atoms with E-state index in [2.05, 4.69) is 17.1 Å². The number of carbonyl (C=O) groups is 1. The standard InChI is InChI=1S/C16H26N2O2/c1-5-14-9-6-7-10-15(14)20-13(2)16(19)17-11-8-12-18(3)4/h6-7,9-10,13H,5,8,11-12H2,1-4H3,(H,17,19). The van der Waals surface area contributed by atoms with Crippen molar-refractivity contribution in [2.24, 2.45) is 0 Å². The maximum atomic E-state index is 11.9. The number of hydrogen-bond acceptors (Lipinski definition) is 3. The van der Waals surface area contributed by atoms with Crippen molar-refractivity contribution in [3.63, 3.8) is 0 Å². The lowest BCUT2D eigenvalue weighted by molar-refractivity contribution is -0.127. The average molecular weight is 278 g/mol. The normalized spacial score (nSPS) is 12.2. The van der Waals surface area contributed by atoms with E-state index in [1.807, 2.05) is 38.4 Å². The molecule has 1 rings (SSSR count). The zero-order chi connectivity index (χ0) is 15.0. The highest BCUT2D eigenvalue weighted by atomic mass is 16.5. The summed E-state index contributed by atoms with van der Waals surface area (Å²) in [5.74, 6) is 0.737. The average Bonchev–Trinajstić information content (AvgIpc) is 2.43. The van der Waals surface area contributed by atoms with Crippen molar-refractivity contribution in [3.05, 3.63) is 29.8 Å². The summed E-state index contributed by atoms with van der Waals surface area (Å²) in [7, 11) is 4.05. The molecule has 1 N–H and O–H groups in total. The molecule has 1 atom stereocenters. The summed E-state index contributed by atoms with van der Waals surface area (Å²) in [6, 6.07) is 7.85. The second-order valence-electron chi connectivity index (χ2n) is 5.17. The molecule has 0 aliphatic heterocycles. The highest BCUT2D eigenvalue weighted by Crippen LogP contribution is 2.19. The third kappa shape index (κ3) is 5.61. The predicted octanol–water partition coefficient (Wildman–Crippen LogP) is 2.08. The minimum Gasteiger partial charge on any atom is -0.481 e. The first-order valence-corrected chi connectivity index (χ1v) is 7.21. The molecule has 0 heterocycles. The van der Waals surface area contributed by atoms with Crippen molar-refractivity contribution in [2.45, 2.75) is 32.8 Å². The van der Waals surface area contributed by atoms with Gasteiger partial charge >= 0.3 is 0 Å². The number of amides is 1. The van der Waals surface area contributed by atoms with E-state index in [9.17, 15) is 4.79 Å². The van der Waals surface area contributed by atoms with Crippen molar-refractivity contribution in [1.29, 1.82) is 0 Å². The predicted molar refractivity (Wildman–Crippen MR) is 82.1 cm³/mol. The zero-order valence-electron chi connectivity index (χ0n) is 13.0. The smallest absolute Gasteiger partial charge is 0.260 e. The van der Waals surface area contributed by atoms with Crippen molar-refractivity contribution in [3.8, 4) is 5.75 Å². The van der Waals surface area contributed by atoms with Crippen molar-refractivity contribution >= 4 is 5.91 Å². The first-order valence-electron chi connectivity index (χ1n) is 7.21. The number of carbonyl (C=O) groups excluding carboxylic acids is 1. The molecule has 0 aromatic heterocycles. The van der Waals surface area contributed by atoms with E-state index in [1.54, 1.807) is 6.92 Å². The Hall–Kier alpha value is -1.55. The maximum Gasteiger partial charge on any atom is 0.260 e. The Balaban J connectivity index is 2.41. The molecule has 0 aliphatic rings. The summed E-state index contributed by atoms with van der Waals surface area (Å²) >= 11 is 0. The summed E-state index contributed by atoms with van der Waals surface area (Å²) in [6.45, 7) is 5.51. The van der Waals surface area contributed by atoms with E-state index in [1.165, 1.54) is 0 Å². The molecule has 0 fully saturated rings. The van der Waals surface area contributed by atoms with E-state index in [0.29, 0.717) is 6.54 Å². The number of benzene rings is 1. The summed E-state index contributed by atoms with van der Waals surface area (Å²) < 4.78 is 5.75. The molecule has 1 aromatic carbocycles. The van der Waals surface area contributed by atoms with Gasteiger partial charge in [-0.25, -0.2) is 0 Å². The Morgan fingerprint density at radius 2 is 2.05 bits per heavy atom. The fraction of sp³-hybridized carbons (Fsp3) is 0.562. The van der Waals surface area contributed by atoms with Crippen LogP contribution >= 0.6 is 0 Å². The number of nitrogens with zero attached hydrogens (tertiary/aromatic N) is 1. The van der Waals surface area contributed by atoms with Gasteiger partial charge in [-0.3, -0.25) is 4.79 Å². The van der Waals surface area contributed by atoms with Gasteiger partial charge in [-0.05, 0) is 52.0 Å². The Kier molecular flexibility index (Phi) is 7.09. The Bertz CT molecular complexity index is 419. The van der Waals surface area contributed by atoms with E-state index in [4.69, 9.17) is 4.74 Å². The fourth-order valence-electron chi connectivity index (χ4n) is 1.91. The second kappa shape index (κ2) is 8.59. The van der Waals surface area contributed by atoms with Gasteiger partial charge in [0.1, 0.15) is 5.75 Å². The minimum atomic E-state index is -0.470. The van der Waals surface area contributed by atoms with Crippen molar-refractivity contribution < 1.29 is 9.53 Å². The van der Waals surface area contributed by atoms with Crippen molar-refractivity contribution in [2.75, 3.05) is 27.2 Å². The number of rotatable bonds is 8. The van der Waals surface area contributed by atoms with Gasteiger partial charge in [0.25, 0.3) is 5.91 Å². The van der Waals surface area contributed by atoms with E-state index in [-0.39, 0.29) is 5.91 Å². The van der Waals surface area contributed by atoms with Crippen LogP contribution in [0.15, 0.2) is 24.3 Å². The monoisotopic (exact) mass is 278 g/mol. The topological polar surface area (TPSA) is 41.6 Å². The van der Waals surface area contributed by atoms with Gasteiger partial charge in [-0.15, -0.1) is 0 Å². The summed E-state index contributed by atoms with van der Waals surface area (Å²) in [5, 5.41) is 2.90. The molecule has 0 radical (unpaired) electrons. The Labute approximate surface area is 122 Å². The van der Waals surface area contributed by atoms with Gasteiger partial charge < -0.3 is 15.0 Å². The molecule has 0 aliphatic carbocycles. The van der Waals surface area contributed by atoms with E-state index >= 15 is 0 Å². The van der Waals surface area contributed by atoms with Crippen LogP contribution in [0.25, 0.3) is 0 Å². The largest absolute Gasteiger partial charge is 0.481 e. The summed E-state index contributed by atoms with van der Waals surface area (Å²) in [6.07, 6.45) is 1.37. The van der Waals surface area contributed by atoms with Crippen LogP contribution in [0.5, 0.6) is 5.75 Å². The molecule has 4 heteroatoms.